The maximum absolute atomic E-state index is 11.5. The first-order valence-electron chi connectivity index (χ1n) is 6.27. The fraction of sp³-hybridized carbons (Fsp3) is 0.357. The Bertz CT molecular complexity index is 563. The van der Waals surface area contributed by atoms with Crippen LogP contribution in [0.5, 0.6) is 0 Å². The second-order valence-electron chi connectivity index (χ2n) is 4.35. The number of hydrogen-bond acceptors (Lipinski definition) is 3. The average molecular weight is 261 g/mol. The number of likely N-dealkylation sites (N-methyl/N-ethyl adjacent to an activating group) is 1. The lowest BCUT2D eigenvalue weighted by molar-refractivity contribution is -0.115. The third-order valence-corrected chi connectivity index (χ3v) is 2.93. The molecule has 0 unspecified atom stereocenters. The van der Waals surface area contributed by atoms with Crippen molar-refractivity contribution < 1.29 is 9.53 Å². The predicted molar refractivity (Wildman–Crippen MR) is 76.4 cm³/mol. The van der Waals surface area contributed by atoms with Crippen molar-refractivity contribution in [1.82, 2.24) is 9.88 Å². The van der Waals surface area contributed by atoms with Crippen LogP contribution in [0.1, 0.15) is 0 Å². The van der Waals surface area contributed by atoms with Crippen LogP contribution in [0.15, 0.2) is 30.5 Å². The van der Waals surface area contributed by atoms with Crippen molar-refractivity contribution >= 4 is 22.5 Å². The average Bonchev–Trinajstić information content (AvgIpc) is 2.79. The molecule has 102 valence electrons. The van der Waals surface area contributed by atoms with Crippen LogP contribution < -0.4 is 10.6 Å². The minimum atomic E-state index is -0.0446. The van der Waals surface area contributed by atoms with Crippen molar-refractivity contribution in [3.63, 3.8) is 0 Å². The van der Waals surface area contributed by atoms with Gasteiger partial charge in [0.25, 0.3) is 0 Å². The number of nitrogens with one attached hydrogen (secondary N) is 2. The van der Waals surface area contributed by atoms with Gasteiger partial charge in [-0.15, -0.1) is 0 Å². The number of carbonyl (C=O) groups is 1. The van der Waals surface area contributed by atoms with Gasteiger partial charge in [0.05, 0.1) is 18.7 Å². The fourth-order valence-electron chi connectivity index (χ4n) is 2.01. The first-order chi connectivity index (χ1) is 9.24. The SMILES string of the molecule is CNCC(=O)Nc1ccc2ccn(CCOC)c2c1. The summed E-state index contributed by atoms with van der Waals surface area (Å²) in [6.07, 6.45) is 2.03. The van der Waals surface area contributed by atoms with E-state index in [1.165, 1.54) is 0 Å². The number of fused-ring (bicyclic) bond motifs is 1. The predicted octanol–water partition coefficient (Wildman–Crippen LogP) is 1.45. The standard InChI is InChI=1S/C14H19N3O2/c1-15-10-14(18)16-12-4-3-11-5-6-17(7-8-19-2)13(11)9-12/h3-6,9,15H,7-8,10H2,1-2H3,(H,16,18). The molecular weight excluding hydrogens is 242 g/mol. The second kappa shape index (κ2) is 6.36. The molecule has 2 N–H and O–H groups in total. The summed E-state index contributed by atoms with van der Waals surface area (Å²) < 4.78 is 7.21. The van der Waals surface area contributed by atoms with Crippen LogP contribution in [0.2, 0.25) is 0 Å². The van der Waals surface area contributed by atoms with Crippen LogP contribution in [0.4, 0.5) is 5.69 Å². The lowest BCUT2D eigenvalue weighted by atomic mass is 10.2. The Morgan fingerprint density at radius 1 is 1.37 bits per heavy atom. The maximum Gasteiger partial charge on any atom is 0.238 e. The van der Waals surface area contributed by atoms with Crippen LogP contribution >= 0.6 is 0 Å². The minimum Gasteiger partial charge on any atom is -0.383 e. The normalized spacial score (nSPS) is 10.8. The lowest BCUT2D eigenvalue weighted by Crippen LogP contribution is -2.25. The van der Waals surface area contributed by atoms with Crippen molar-refractivity contribution in [2.24, 2.45) is 0 Å². The van der Waals surface area contributed by atoms with Crippen LogP contribution in [0, 0.1) is 0 Å². The van der Waals surface area contributed by atoms with Gasteiger partial charge in [0.2, 0.25) is 5.91 Å². The van der Waals surface area contributed by atoms with Gasteiger partial charge in [-0.2, -0.15) is 0 Å². The van der Waals surface area contributed by atoms with Crippen molar-refractivity contribution in [2.45, 2.75) is 6.54 Å². The third-order valence-electron chi connectivity index (χ3n) is 2.93. The number of hydrogen-bond donors (Lipinski definition) is 2. The number of benzene rings is 1. The van der Waals surface area contributed by atoms with Gasteiger partial charge in [0, 0.05) is 25.5 Å². The van der Waals surface area contributed by atoms with Crippen LogP contribution in [-0.2, 0) is 16.1 Å². The summed E-state index contributed by atoms with van der Waals surface area (Å²) in [5, 5.41) is 6.84. The van der Waals surface area contributed by atoms with Crippen molar-refractivity contribution in [3.05, 3.63) is 30.5 Å². The van der Waals surface area contributed by atoms with Crippen molar-refractivity contribution in [1.29, 1.82) is 0 Å². The van der Waals surface area contributed by atoms with Gasteiger partial charge in [-0.05, 0) is 30.6 Å². The molecule has 0 fully saturated rings. The van der Waals surface area contributed by atoms with E-state index in [0.29, 0.717) is 13.2 Å². The number of anilines is 1. The van der Waals surface area contributed by atoms with E-state index in [2.05, 4.69) is 21.3 Å². The van der Waals surface area contributed by atoms with Crippen molar-refractivity contribution in [2.75, 3.05) is 32.6 Å². The molecule has 19 heavy (non-hydrogen) atoms. The van der Waals surface area contributed by atoms with Gasteiger partial charge in [-0.3, -0.25) is 4.79 Å². The molecule has 0 aliphatic rings. The monoisotopic (exact) mass is 261 g/mol. The quantitative estimate of drug-likeness (QED) is 0.827. The van der Waals surface area contributed by atoms with E-state index >= 15 is 0 Å². The van der Waals surface area contributed by atoms with E-state index in [-0.39, 0.29) is 5.91 Å². The Hall–Kier alpha value is -1.85. The zero-order valence-electron chi connectivity index (χ0n) is 11.3. The molecule has 0 aliphatic heterocycles. The Morgan fingerprint density at radius 3 is 2.95 bits per heavy atom. The summed E-state index contributed by atoms with van der Waals surface area (Å²) in [6.45, 7) is 1.77. The first kappa shape index (κ1) is 13.6. The third kappa shape index (κ3) is 3.33. The highest BCUT2D eigenvalue weighted by Gasteiger charge is 2.04. The molecule has 1 amide bonds. The molecule has 0 saturated carbocycles. The number of aromatic nitrogens is 1. The smallest absolute Gasteiger partial charge is 0.238 e. The molecule has 0 bridgehead atoms. The molecule has 0 spiro atoms. The molecule has 2 rings (SSSR count). The van der Waals surface area contributed by atoms with E-state index in [1.807, 2.05) is 24.4 Å². The van der Waals surface area contributed by atoms with Gasteiger partial charge < -0.3 is 19.9 Å². The molecular formula is C14H19N3O2. The molecule has 0 radical (unpaired) electrons. The largest absolute Gasteiger partial charge is 0.383 e. The first-order valence-corrected chi connectivity index (χ1v) is 6.27. The molecule has 1 aromatic carbocycles. The lowest BCUT2D eigenvalue weighted by Gasteiger charge is -2.08. The highest BCUT2D eigenvalue weighted by Crippen LogP contribution is 2.20. The Kier molecular flexibility index (Phi) is 4.54. The van der Waals surface area contributed by atoms with E-state index in [4.69, 9.17) is 4.74 Å². The number of rotatable bonds is 6. The van der Waals surface area contributed by atoms with Crippen LogP contribution in [0.3, 0.4) is 0 Å². The molecule has 0 aliphatic carbocycles. The molecule has 2 aromatic rings. The van der Waals surface area contributed by atoms with E-state index in [9.17, 15) is 4.79 Å². The summed E-state index contributed by atoms with van der Waals surface area (Å²) in [5.74, 6) is -0.0446. The van der Waals surface area contributed by atoms with E-state index in [1.54, 1.807) is 14.2 Å². The zero-order chi connectivity index (χ0) is 13.7. The zero-order valence-corrected chi connectivity index (χ0v) is 11.3. The van der Waals surface area contributed by atoms with Gasteiger partial charge in [-0.1, -0.05) is 6.07 Å². The molecule has 1 heterocycles. The van der Waals surface area contributed by atoms with Crippen LogP contribution in [0.25, 0.3) is 10.9 Å². The van der Waals surface area contributed by atoms with Crippen LogP contribution in [-0.4, -0.2) is 37.8 Å². The number of carbonyl (C=O) groups excluding carboxylic acids is 1. The van der Waals surface area contributed by atoms with Gasteiger partial charge in [0.1, 0.15) is 0 Å². The van der Waals surface area contributed by atoms with E-state index < -0.39 is 0 Å². The number of ether oxygens (including phenoxy) is 1. The molecule has 5 nitrogen and oxygen atoms in total. The van der Waals surface area contributed by atoms with Crippen molar-refractivity contribution in [3.8, 4) is 0 Å². The van der Waals surface area contributed by atoms with Gasteiger partial charge >= 0.3 is 0 Å². The molecule has 1 aromatic heterocycles. The summed E-state index contributed by atoms with van der Waals surface area (Å²) in [4.78, 5) is 11.5. The van der Waals surface area contributed by atoms with Gasteiger partial charge in [0.15, 0.2) is 0 Å². The Morgan fingerprint density at radius 2 is 2.21 bits per heavy atom. The highest BCUT2D eigenvalue weighted by atomic mass is 16.5. The number of methoxy groups -OCH3 is 1. The summed E-state index contributed by atoms with van der Waals surface area (Å²) in [6, 6.07) is 7.97. The molecule has 0 atom stereocenters. The minimum absolute atomic E-state index is 0.0446. The Labute approximate surface area is 112 Å². The van der Waals surface area contributed by atoms with E-state index in [0.717, 1.165) is 23.1 Å². The highest BCUT2D eigenvalue weighted by molar-refractivity contribution is 5.94. The summed E-state index contributed by atoms with van der Waals surface area (Å²) in [5.41, 5.74) is 1.91. The second-order valence-corrected chi connectivity index (χ2v) is 4.35. The maximum atomic E-state index is 11.5. The summed E-state index contributed by atoms with van der Waals surface area (Å²) >= 11 is 0. The van der Waals surface area contributed by atoms with Gasteiger partial charge in [-0.25, -0.2) is 0 Å². The molecule has 5 heteroatoms. The number of amides is 1. The number of nitrogens with zero attached hydrogens (tertiary/aromatic N) is 1. The fourth-order valence-corrected chi connectivity index (χ4v) is 2.01. The molecule has 0 saturated heterocycles. The Balaban J connectivity index is 2.20. The topological polar surface area (TPSA) is 55.3 Å². The summed E-state index contributed by atoms with van der Waals surface area (Å²) in [7, 11) is 3.44.